The van der Waals surface area contributed by atoms with Crippen molar-refractivity contribution in [2.45, 2.75) is 12.8 Å². The smallest absolute Gasteiger partial charge is 0.251 e. The number of aliphatic hydroxyl groups is 1. The first-order valence-electron chi connectivity index (χ1n) is 8.36. The molecule has 1 fully saturated rings. The predicted molar refractivity (Wildman–Crippen MR) is 98.0 cm³/mol. The molecule has 0 spiro atoms. The molecule has 0 unspecified atom stereocenters. The fraction of sp³-hybridized carbons (Fsp3) is 0.412. The van der Waals surface area contributed by atoms with Gasteiger partial charge in [-0.2, -0.15) is 0 Å². The second-order valence-corrected chi connectivity index (χ2v) is 6.39. The van der Waals surface area contributed by atoms with Gasteiger partial charge in [-0.3, -0.25) is 9.78 Å². The molecule has 0 aromatic carbocycles. The van der Waals surface area contributed by atoms with E-state index in [0.717, 1.165) is 32.6 Å². The second-order valence-electron chi connectivity index (χ2n) is 5.98. The second kappa shape index (κ2) is 8.88. The van der Waals surface area contributed by atoms with Crippen LogP contribution in [0.4, 0.5) is 11.6 Å². The molecule has 0 aliphatic carbocycles. The zero-order valence-corrected chi connectivity index (χ0v) is 14.9. The molecule has 3 rings (SSSR count). The van der Waals surface area contributed by atoms with Crippen LogP contribution in [0.25, 0.3) is 11.3 Å². The Morgan fingerprint density at radius 1 is 1.27 bits per heavy atom. The summed E-state index contributed by atoms with van der Waals surface area (Å²) >= 11 is 6.23. The monoisotopic (exact) mass is 377 g/mol. The maximum Gasteiger partial charge on any atom is 0.251 e. The van der Waals surface area contributed by atoms with Gasteiger partial charge in [0.1, 0.15) is 18.2 Å². The van der Waals surface area contributed by atoms with Crippen LogP contribution in [0.2, 0.25) is 5.02 Å². The molecule has 26 heavy (non-hydrogen) atoms. The minimum Gasteiger partial charge on any atom is -0.387 e. The number of aromatic nitrogens is 3. The molecular weight excluding hydrogens is 358 g/mol. The van der Waals surface area contributed by atoms with Crippen LogP contribution in [0.1, 0.15) is 12.8 Å². The van der Waals surface area contributed by atoms with Crippen LogP contribution in [-0.4, -0.2) is 52.3 Å². The summed E-state index contributed by atoms with van der Waals surface area (Å²) in [4.78, 5) is 24.1. The number of pyridine rings is 1. The molecule has 0 saturated carbocycles. The summed E-state index contributed by atoms with van der Waals surface area (Å²) in [6.45, 7) is 1.79. The van der Waals surface area contributed by atoms with E-state index in [1.807, 2.05) is 0 Å². The van der Waals surface area contributed by atoms with E-state index in [1.165, 1.54) is 6.20 Å². The van der Waals surface area contributed by atoms with E-state index in [2.05, 4.69) is 25.6 Å². The molecule has 0 bridgehead atoms. The van der Waals surface area contributed by atoms with Crippen LogP contribution in [0.3, 0.4) is 0 Å². The van der Waals surface area contributed by atoms with Gasteiger partial charge in [0.25, 0.3) is 5.91 Å². The van der Waals surface area contributed by atoms with E-state index in [9.17, 15) is 4.79 Å². The van der Waals surface area contributed by atoms with Gasteiger partial charge < -0.3 is 20.5 Å². The quantitative estimate of drug-likeness (QED) is 0.705. The third-order valence-corrected chi connectivity index (χ3v) is 4.39. The Morgan fingerprint density at radius 3 is 2.85 bits per heavy atom. The summed E-state index contributed by atoms with van der Waals surface area (Å²) in [5.74, 6) is 0.941. The highest BCUT2D eigenvalue weighted by Gasteiger charge is 2.14. The predicted octanol–water partition coefficient (Wildman–Crippen LogP) is 1.96. The van der Waals surface area contributed by atoms with Crippen molar-refractivity contribution < 1.29 is 14.6 Å². The van der Waals surface area contributed by atoms with Crippen molar-refractivity contribution in [2.75, 3.05) is 37.0 Å². The van der Waals surface area contributed by atoms with E-state index < -0.39 is 12.5 Å². The van der Waals surface area contributed by atoms with Crippen molar-refractivity contribution in [3.8, 4) is 11.3 Å². The van der Waals surface area contributed by atoms with Crippen molar-refractivity contribution in [1.82, 2.24) is 15.0 Å². The topological polar surface area (TPSA) is 109 Å². The van der Waals surface area contributed by atoms with Crippen LogP contribution in [0.5, 0.6) is 0 Å². The number of hydrogen-bond donors (Lipinski definition) is 3. The minimum absolute atomic E-state index is 0.283. The minimum atomic E-state index is -0.620. The van der Waals surface area contributed by atoms with Crippen molar-refractivity contribution in [2.24, 2.45) is 5.92 Å². The Labute approximate surface area is 156 Å². The highest BCUT2D eigenvalue weighted by molar-refractivity contribution is 6.33. The van der Waals surface area contributed by atoms with Gasteiger partial charge in [-0.15, -0.1) is 0 Å². The molecule has 1 aliphatic rings. The lowest BCUT2D eigenvalue weighted by Crippen LogP contribution is -2.23. The Morgan fingerprint density at radius 2 is 2.08 bits per heavy atom. The lowest BCUT2D eigenvalue weighted by molar-refractivity contribution is -0.118. The number of hydrogen-bond acceptors (Lipinski definition) is 7. The number of carbonyl (C=O) groups is 1. The van der Waals surface area contributed by atoms with Gasteiger partial charge in [-0.1, -0.05) is 11.6 Å². The molecule has 1 saturated heterocycles. The molecule has 3 heterocycles. The van der Waals surface area contributed by atoms with E-state index in [0.29, 0.717) is 28.0 Å². The van der Waals surface area contributed by atoms with Gasteiger partial charge in [-0.05, 0) is 24.8 Å². The average molecular weight is 378 g/mol. The van der Waals surface area contributed by atoms with Gasteiger partial charge in [0.15, 0.2) is 0 Å². The Balaban J connectivity index is 1.74. The van der Waals surface area contributed by atoms with Crippen LogP contribution in [0.15, 0.2) is 24.7 Å². The maximum atomic E-state index is 11.3. The summed E-state index contributed by atoms with van der Waals surface area (Å²) in [5.41, 5.74) is 1.16. The summed E-state index contributed by atoms with van der Waals surface area (Å²) in [6, 6.07) is 1.60. The van der Waals surface area contributed by atoms with E-state index in [-0.39, 0.29) is 5.82 Å². The molecule has 2 aromatic heterocycles. The number of amides is 1. The number of halogens is 1. The Hall–Kier alpha value is -2.29. The average Bonchev–Trinajstić information content (AvgIpc) is 2.69. The number of rotatable bonds is 6. The zero-order valence-electron chi connectivity index (χ0n) is 14.1. The number of ether oxygens (including phenoxy) is 1. The molecule has 138 valence electrons. The normalized spacial score (nSPS) is 14.8. The SMILES string of the molecule is O=C(CO)Nc1cc(-c2cncc(NCC3CCOCC3)n2)c(Cl)cn1. The van der Waals surface area contributed by atoms with Crippen molar-refractivity contribution in [3.63, 3.8) is 0 Å². The van der Waals surface area contributed by atoms with Crippen LogP contribution >= 0.6 is 11.6 Å². The summed E-state index contributed by atoms with van der Waals surface area (Å²) < 4.78 is 5.37. The first kappa shape index (κ1) is 18.5. The third kappa shape index (κ3) is 4.87. The lowest BCUT2D eigenvalue weighted by Gasteiger charge is -2.22. The van der Waals surface area contributed by atoms with Crippen molar-refractivity contribution >= 4 is 29.1 Å². The van der Waals surface area contributed by atoms with Gasteiger partial charge in [-0.25, -0.2) is 9.97 Å². The Kier molecular flexibility index (Phi) is 6.32. The highest BCUT2D eigenvalue weighted by Crippen LogP contribution is 2.28. The van der Waals surface area contributed by atoms with Crippen molar-refractivity contribution in [3.05, 3.63) is 29.7 Å². The number of carbonyl (C=O) groups excluding carboxylic acids is 1. The maximum absolute atomic E-state index is 11.3. The largest absolute Gasteiger partial charge is 0.387 e. The molecule has 2 aromatic rings. The highest BCUT2D eigenvalue weighted by atomic mass is 35.5. The van der Waals surface area contributed by atoms with E-state index in [4.69, 9.17) is 21.4 Å². The number of nitrogens with zero attached hydrogens (tertiary/aromatic N) is 3. The first-order chi connectivity index (χ1) is 12.7. The lowest BCUT2D eigenvalue weighted by atomic mass is 10.0. The Bertz CT molecular complexity index is 768. The van der Waals surface area contributed by atoms with E-state index >= 15 is 0 Å². The molecule has 1 amide bonds. The molecule has 1 aliphatic heterocycles. The molecule has 0 atom stereocenters. The van der Waals surface area contributed by atoms with Crippen LogP contribution in [-0.2, 0) is 9.53 Å². The molecule has 9 heteroatoms. The molecular formula is C17H20ClN5O3. The zero-order chi connectivity index (χ0) is 18.4. The fourth-order valence-corrected chi connectivity index (χ4v) is 2.87. The van der Waals surface area contributed by atoms with Gasteiger partial charge in [0, 0.05) is 31.5 Å². The van der Waals surface area contributed by atoms with Crippen LogP contribution in [0, 0.1) is 5.92 Å². The number of aliphatic hydroxyl groups excluding tert-OH is 1. The molecule has 8 nitrogen and oxygen atoms in total. The first-order valence-corrected chi connectivity index (χ1v) is 8.74. The summed E-state index contributed by atoms with van der Waals surface area (Å²) in [6.07, 6.45) is 6.74. The van der Waals surface area contributed by atoms with Gasteiger partial charge >= 0.3 is 0 Å². The number of nitrogens with one attached hydrogen (secondary N) is 2. The van der Waals surface area contributed by atoms with Crippen molar-refractivity contribution in [1.29, 1.82) is 0 Å². The molecule has 0 radical (unpaired) electrons. The van der Waals surface area contributed by atoms with E-state index in [1.54, 1.807) is 18.5 Å². The standard InChI is InChI=1S/C17H20ClN5O3/c18-13-7-21-15(23-17(25)10-24)5-12(13)14-8-19-9-16(22-14)20-6-11-1-3-26-4-2-11/h5,7-9,11,24H,1-4,6,10H2,(H,20,22)(H,21,23,25). The van der Waals surface area contributed by atoms with Gasteiger partial charge in [0.2, 0.25) is 0 Å². The summed E-state index contributed by atoms with van der Waals surface area (Å²) in [7, 11) is 0. The summed E-state index contributed by atoms with van der Waals surface area (Å²) in [5, 5.41) is 15.0. The molecule has 3 N–H and O–H groups in total. The fourth-order valence-electron chi connectivity index (χ4n) is 2.67. The van der Waals surface area contributed by atoms with Crippen LogP contribution < -0.4 is 10.6 Å². The third-order valence-electron chi connectivity index (χ3n) is 4.09. The van der Waals surface area contributed by atoms with Gasteiger partial charge in [0.05, 0.1) is 23.1 Å². The number of anilines is 2.